The van der Waals surface area contributed by atoms with Crippen LogP contribution in [0.15, 0.2) is 12.1 Å². The number of rotatable bonds is 3. The average Bonchev–Trinajstić information content (AvgIpc) is 2.64. The average molecular weight is 252 g/mol. The van der Waals surface area contributed by atoms with Crippen LogP contribution in [0.3, 0.4) is 0 Å². The molecule has 1 aromatic carbocycles. The zero-order chi connectivity index (χ0) is 13.3. The molecule has 0 aromatic heterocycles. The lowest BCUT2D eigenvalue weighted by Crippen LogP contribution is -2.07. The maximum absolute atomic E-state index is 11.8. The number of carbonyl (C=O) groups excluding carboxylic acids is 2. The lowest BCUT2D eigenvalue weighted by atomic mass is 10.1. The highest BCUT2D eigenvalue weighted by Gasteiger charge is 2.37. The molecule has 0 N–H and O–H groups in total. The first kappa shape index (κ1) is 12.2. The lowest BCUT2D eigenvalue weighted by Gasteiger charge is -2.11. The standard InChI is InChI=1S/C12H12O6/c1-6(13)17-12-7-4-5-8(15-2)10(16-3)9(7)11(14)18-12/h4-5,12H,1-3H3/t12-/m0/s1. The van der Waals surface area contributed by atoms with E-state index in [4.69, 9.17) is 18.9 Å². The highest BCUT2D eigenvalue weighted by Crippen LogP contribution is 2.42. The number of esters is 2. The van der Waals surface area contributed by atoms with Crippen LogP contribution in [0.2, 0.25) is 0 Å². The number of methoxy groups -OCH3 is 2. The first-order valence-electron chi connectivity index (χ1n) is 5.21. The minimum Gasteiger partial charge on any atom is -0.493 e. The number of hydrogen-bond donors (Lipinski definition) is 0. The molecule has 0 unspecified atom stereocenters. The monoisotopic (exact) mass is 252 g/mol. The van der Waals surface area contributed by atoms with E-state index in [1.165, 1.54) is 21.1 Å². The SMILES string of the molecule is COc1ccc2c(c1OC)C(=O)O[C@@H]2OC(C)=O. The van der Waals surface area contributed by atoms with Crippen molar-refractivity contribution in [3.8, 4) is 11.5 Å². The first-order valence-corrected chi connectivity index (χ1v) is 5.21. The molecule has 0 spiro atoms. The fraction of sp³-hybridized carbons (Fsp3) is 0.333. The van der Waals surface area contributed by atoms with E-state index in [2.05, 4.69) is 0 Å². The second-order valence-corrected chi connectivity index (χ2v) is 3.61. The minimum absolute atomic E-state index is 0.225. The molecular formula is C12H12O6. The Hall–Kier alpha value is -2.24. The summed E-state index contributed by atoms with van der Waals surface area (Å²) in [5.74, 6) is -0.450. The Labute approximate surface area is 103 Å². The van der Waals surface area contributed by atoms with Crippen LogP contribution in [0.1, 0.15) is 29.1 Å². The van der Waals surface area contributed by atoms with Crippen LogP contribution in [-0.2, 0) is 14.3 Å². The van der Waals surface area contributed by atoms with Gasteiger partial charge in [0.15, 0.2) is 11.5 Å². The van der Waals surface area contributed by atoms with Gasteiger partial charge in [-0.1, -0.05) is 0 Å². The van der Waals surface area contributed by atoms with Gasteiger partial charge in [0.1, 0.15) is 5.56 Å². The largest absolute Gasteiger partial charge is 0.493 e. The molecule has 18 heavy (non-hydrogen) atoms. The van der Waals surface area contributed by atoms with Crippen molar-refractivity contribution in [2.75, 3.05) is 14.2 Å². The van der Waals surface area contributed by atoms with E-state index in [0.29, 0.717) is 11.3 Å². The van der Waals surface area contributed by atoms with Gasteiger partial charge in [-0.25, -0.2) is 4.79 Å². The van der Waals surface area contributed by atoms with Crippen LogP contribution < -0.4 is 9.47 Å². The predicted molar refractivity (Wildman–Crippen MR) is 59.5 cm³/mol. The van der Waals surface area contributed by atoms with Crippen LogP contribution in [0.25, 0.3) is 0 Å². The molecule has 0 amide bonds. The normalized spacial score (nSPS) is 16.8. The fourth-order valence-corrected chi connectivity index (χ4v) is 1.81. The van der Waals surface area contributed by atoms with Gasteiger partial charge in [-0.2, -0.15) is 0 Å². The maximum atomic E-state index is 11.8. The van der Waals surface area contributed by atoms with Crippen molar-refractivity contribution in [3.05, 3.63) is 23.3 Å². The van der Waals surface area contributed by atoms with Crippen LogP contribution in [-0.4, -0.2) is 26.2 Å². The van der Waals surface area contributed by atoms with Gasteiger partial charge in [-0.15, -0.1) is 0 Å². The molecule has 6 nitrogen and oxygen atoms in total. The predicted octanol–water partition coefficient (Wildman–Crippen LogP) is 1.44. The molecule has 6 heteroatoms. The van der Waals surface area contributed by atoms with E-state index < -0.39 is 18.2 Å². The van der Waals surface area contributed by atoms with E-state index in [-0.39, 0.29) is 11.3 Å². The summed E-state index contributed by atoms with van der Waals surface area (Å²) in [6.07, 6.45) is -1.02. The fourth-order valence-electron chi connectivity index (χ4n) is 1.81. The number of fused-ring (bicyclic) bond motifs is 1. The summed E-state index contributed by atoms with van der Waals surface area (Å²) in [4.78, 5) is 22.7. The Morgan fingerprint density at radius 3 is 2.56 bits per heavy atom. The summed E-state index contributed by atoms with van der Waals surface area (Å²) in [7, 11) is 2.89. The van der Waals surface area contributed by atoms with Crippen molar-refractivity contribution in [1.29, 1.82) is 0 Å². The summed E-state index contributed by atoms with van der Waals surface area (Å²) < 4.78 is 20.1. The third-order valence-electron chi connectivity index (χ3n) is 2.52. The smallest absolute Gasteiger partial charge is 0.346 e. The third-order valence-corrected chi connectivity index (χ3v) is 2.52. The van der Waals surface area contributed by atoms with Gasteiger partial charge in [-0.05, 0) is 12.1 Å². The van der Waals surface area contributed by atoms with E-state index in [1.54, 1.807) is 12.1 Å². The summed E-state index contributed by atoms with van der Waals surface area (Å²) in [5, 5.41) is 0. The van der Waals surface area contributed by atoms with E-state index in [9.17, 15) is 9.59 Å². The number of hydrogen-bond acceptors (Lipinski definition) is 6. The number of ether oxygens (including phenoxy) is 4. The van der Waals surface area contributed by atoms with Gasteiger partial charge in [0, 0.05) is 6.92 Å². The van der Waals surface area contributed by atoms with Crippen LogP contribution in [0, 0.1) is 0 Å². The molecule has 0 saturated heterocycles. The Kier molecular flexibility index (Phi) is 3.10. The van der Waals surface area contributed by atoms with E-state index in [0.717, 1.165) is 0 Å². The van der Waals surface area contributed by atoms with Gasteiger partial charge in [-0.3, -0.25) is 4.79 Å². The van der Waals surface area contributed by atoms with Gasteiger partial charge >= 0.3 is 11.9 Å². The minimum atomic E-state index is -1.02. The summed E-state index contributed by atoms with van der Waals surface area (Å²) in [6, 6.07) is 3.23. The molecule has 1 aliphatic rings. The van der Waals surface area contributed by atoms with Crippen molar-refractivity contribution in [3.63, 3.8) is 0 Å². The molecule has 0 radical (unpaired) electrons. The summed E-state index contributed by atoms with van der Waals surface area (Å²) in [6.45, 7) is 1.24. The van der Waals surface area contributed by atoms with Crippen molar-refractivity contribution in [2.24, 2.45) is 0 Å². The van der Waals surface area contributed by atoms with Gasteiger partial charge in [0.2, 0.25) is 0 Å². The molecule has 0 saturated carbocycles. The van der Waals surface area contributed by atoms with Crippen molar-refractivity contribution >= 4 is 11.9 Å². The van der Waals surface area contributed by atoms with E-state index in [1.807, 2.05) is 0 Å². The molecule has 96 valence electrons. The van der Waals surface area contributed by atoms with Gasteiger partial charge in [0.05, 0.1) is 19.8 Å². The lowest BCUT2D eigenvalue weighted by molar-refractivity contribution is -0.164. The molecule has 2 rings (SSSR count). The van der Waals surface area contributed by atoms with Crippen LogP contribution in [0.5, 0.6) is 11.5 Å². The summed E-state index contributed by atoms with van der Waals surface area (Å²) in [5.41, 5.74) is 0.677. The zero-order valence-corrected chi connectivity index (χ0v) is 10.2. The first-order chi connectivity index (χ1) is 8.58. The second-order valence-electron chi connectivity index (χ2n) is 3.61. The Bertz CT molecular complexity index is 508. The molecule has 1 heterocycles. The number of benzene rings is 1. The van der Waals surface area contributed by atoms with Crippen LogP contribution in [0.4, 0.5) is 0 Å². The molecule has 1 aliphatic heterocycles. The highest BCUT2D eigenvalue weighted by molar-refractivity contribution is 5.98. The quantitative estimate of drug-likeness (QED) is 0.758. The van der Waals surface area contributed by atoms with E-state index >= 15 is 0 Å². The Balaban J connectivity index is 2.50. The zero-order valence-electron chi connectivity index (χ0n) is 10.2. The second kappa shape index (κ2) is 4.56. The summed E-state index contributed by atoms with van der Waals surface area (Å²) >= 11 is 0. The van der Waals surface area contributed by atoms with Crippen LogP contribution >= 0.6 is 0 Å². The van der Waals surface area contributed by atoms with Crippen molar-refractivity contribution < 1.29 is 28.5 Å². The number of cyclic esters (lactones) is 1. The molecule has 1 aromatic rings. The van der Waals surface area contributed by atoms with Gasteiger partial charge < -0.3 is 18.9 Å². The third kappa shape index (κ3) is 1.85. The molecule has 0 bridgehead atoms. The highest BCUT2D eigenvalue weighted by atomic mass is 16.7. The molecule has 0 fully saturated rings. The molecule has 0 aliphatic carbocycles. The number of carbonyl (C=O) groups is 2. The Morgan fingerprint density at radius 1 is 1.28 bits per heavy atom. The maximum Gasteiger partial charge on any atom is 0.346 e. The van der Waals surface area contributed by atoms with Gasteiger partial charge in [0.25, 0.3) is 6.29 Å². The molecule has 1 atom stereocenters. The molecular weight excluding hydrogens is 240 g/mol. The topological polar surface area (TPSA) is 71.1 Å². The van der Waals surface area contributed by atoms with Crippen molar-refractivity contribution in [2.45, 2.75) is 13.2 Å². The van der Waals surface area contributed by atoms with Crippen molar-refractivity contribution in [1.82, 2.24) is 0 Å². The Morgan fingerprint density at radius 2 is 2.00 bits per heavy atom.